The van der Waals surface area contributed by atoms with E-state index in [0.29, 0.717) is 17.1 Å². The van der Waals surface area contributed by atoms with E-state index in [4.69, 9.17) is 4.74 Å². The molecule has 0 spiro atoms. The van der Waals surface area contributed by atoms with Crippen LogP contribution in [0, 0.1) is 5.92 Å². The molecule has 0 bridgehead atoms. The Morgan fingerprint density at radius 1 is 1.29 bits per heavy atom. The van der Waals surface area contributed by atoms with E-state index in [0.717, 1.165) is 0 Å². The fourth-order valence-corrected chi connectivity index (χ4v) is 3.46. The molecule has 1 aromatic heterocycles. The maximum atomic E-state index is 13.1. The van der Waals surface area contributed by atoms with Crippen LogP contribution in [0.1, 0.15) is 28.2 Å². The molecule has 1 aromatic carbocycles. The van der Waals surface area contributed by atoms with Crippen LogP contribution in [0.5, 0.6) is 5.75 Å². The van der Waals surface area contributed by atoms with Crippen LogP contribution in [-0.4, -0.2) is 40.8 Å². The molecule has 2 aromatic rings. The summed E-state index contributed by atoms with van der Waals surface area (Å²) in [4.78, 5) is 25.0. The number of aromatic nitrogens is 2. The van der Waals surface area contributed by atoms with Crippen molar-refractivity contribution >= 4 is 17.5 Å². The second kappa shape index (κ2) is 6.84. The summed E-state index contributed by atoms with van der Waals surface area (Å²) < 4.78 is 44.8. The maximum Gasteiger partial charge on any atom is 0.392 e. The number of alkyl halides is 3. The Labute approximate surface area is 157 Å². The Balaban J connectivity index is 1.50. The van der Waals surface area contributed by atoms with Gasteiger partial charge in [0.25, 0.3) is 11.8 Å². The molecule has 1 aliphatic carbocycles. The standard InChI is InChI=1S/C18H17F3N4O3/c19-18(20,21)9-5-6-11-10(7-9)15(25-24-11)17(27)23-13-8-28-14-4-2-1-3-12(14)22-16(13)26/h1-4,9,13H,5-8H2,(H,22,26)(H,23,27)(H,24,25)/t9-,13-/m0/s1. The van der Waals surface area contributed by atoms with Crippen molar-refractivity contribution in [2.75, 3.05) is 11.9 Å². The predicted molar refractivity (Wildman–Crippen MR) is 92.0 cm³/mol. The topological polar surface area (TPSA) is 96.1 Å². The van der Waals surface area contributed by atoms with Crippen LogP contribution in [-0.2, 0) is 17.6 Å². The minimum atomic E-state index is -4.33. The van der Waals surface area contributed by atoms with Crippen LogP contribution in [0.4, 0.5) is 18.9 Å². The van der Waals surface area contributed by atoms with Gasteiger partial charge in [-0.05, 0) is 31.4 Å². The summed E-state index contributed by atoms with van der Waals surface area (Å²) in [5.41, 5.74) is 1.15. The fraction of sp³-hybridized carbons (Fsp3) is 0.389. The number of amides is 2. The lowest BCUT2D eigenvalue weighted by atomic mass is 9.86. The molecule has 4 rings (SSSR count). The van der Waals surface area contributed by atoms with Crippen molar-refractivity contribution in [1.29, 1.82) is 0 Å². The average molecular weight is 394 g/mol. The molecule has 0 fully saturated rings. The third-order valence-electron chi connectivity index (χ3n) is 5.00. The van der Waals surface area contributed by atoms with Gasteiger partial charge in [0.05, 0.1) is 11.6 Å². The number of hydrogen-bond donors (Lipinski definition) is 3. The van der Waals surface area contributed by atoms with Crippen LogP contribution >= 0.6 is 0 Å². The molecule has 0 radical (unpaired) electrons. The van der Waals surface area contributed by atoms with Crippen LogP contribution < -0.4 is 15.4 Å². The number of H-pyrrole nitrogens is 1. The van der Waals surface area contributed by atoms with Gasteiger partial charge in [-0.15, -0.1) is 0 Å². The molecule has 28 heavy (non-hydrogen) atoms. The van der Waals surface area contributed by atoms with Gasteiger partial charge in [-0.25, -0.2) is 0 Å². The zero-order valence-corrected chi connectivity index (χ0v) is 14.6. The first-order chi connectivity index (χ1) is 13.3. The lowest BCUT2D eigenvalue weighted by molar-refractivity contribution is -0.177. The van der Waals surface area contributed by atoms with Crippen molar-refractivity contribution in [3.05, 3.63) is 41.2 Å². The van der Waals surface area contributed by atoms with Crippen LogP contribution in [0.3, 0.4) is 0 Å². The summed E-state index contributed by atoms with van der Waals surface area (Å²) in [6.45, 7) is -0.105. The number of anilines is 1. The van der Waals surface area contributed by atoms with Crippen LogP contribution in [0.15, 0.2) is 24.3 Å². The Morgan fingerprint density at radius 3 is 2.86 bits per heavy atom. The molecule has 7 nitrogen and oxygen atoms in total. The van der Waals surface area contributed by atoms with Gasteiger partial charge in [0.15, 0.2) is 5.69 Å². The maximum absolute atomic E-state index is 13.1. The van der Waals surface area contributed by atoms with Gasteiger partial charge in [-0.1, -0.05) is 12.1 Å². The molecule has 0 saturated carbocycles. The van der Waals surface area contributed by atoms with E-state index >= 15 is 0 Å². The molecule has 3 N–H and O–H groups in total. The third-order valence-corrected chi connectivity index (χ3v) is 5.00. The summed E-state index contributed by atoms with van der Waals surface area (Å²) in [6, 6.07) is 5.82. The lowest BCUT2D eigenvalue weighted by Gasteiger charge is -2.24. The number of benzene rings is 1. The van der Waals surface area contributed by atoms with Gasteiger partial charge in [-0.3, -0.25) is 14.7 Å². The quantitative estimate of drug-likeness (QED) is 0.728. The van der Waals surface area contributed by atoms with E-state index in [1.54, 1.807) is 24.3 Å². The van der Waals surface area contributed by atoms with Crippen molar-refractivity contribution in [3.8, 4) is 5.75 Å². The summed E-state index contributed by atoms with van der Waals surface area (Å²) in [6.07, 6.45) is -4.51. The predicted octanol–water partition coefficient (Wildman–Crippen LogP) is 2.21. The van der Waals surface area contributed by atoms with Crippen molar-refractivity contribution < 1.29 is 27.5 Å². The smallest absolute Gasteiger partial charge is 0.392 e. The number of aryl methyl sites for hydroxylation is 1. The van der Waals surface area contributed by atoms with Gasteiger partial charge in [0.1, 0.15) is 18.4 Å². The molecular weight excluding hydrogens is 377 g/mol. The van der Waals surface area contributed by atoms with E-state index < -0.39 is 30.0 Å². The Hall–Kier alpha value is -3.04. The molecule has 2 atom stereocenters. The van der Waals surface area contributed by atoms with E-state index in [1.807, 2.05) is 0 Å². The number of halogens is 3. The first kappa shape index (κ1) is 18.3. The van der Waals surface area contributed by atoms with Crippen molar-refractivity contribution in [2.45, 2.75) is 31.5 Å². The lowest BCUT2D eigenvalue weighted by Crippen LogP contribution is -2.46. The average Bonchev–Trinajstić information content (AvgIpc) is 3.01. The molecule has 0 unspecified atom stereocenters. The molecule has 0 saturated heterocycles. The number of nitrogens with zero attached hydrogens (tertiary/aromatic N) is 1. The van der Waals surface area contributed by atoms with E-state index in [9.17, 15) is 22.8 Å². The van der Waals surface area contributed by atoms with Crippen molar-refractivity contribution in [2.24, 2.45) is 5.92 Å². The highest BCUT2D eigenvalue weighted by Crippen LogP contribution is 2.37. The highest BCUT2D eigenvalue weighted by Gasteiger charge is 2.43. The number of carbonyl (C=O) groups is 2. The molecule has 10 heteroatoms. The highest BCUT2D eigenvalue weighted by atomic mass is 19.4. The van der Waals surface area contributed by atoms with Gasteiger partial charge in [0.2, 0.25) is 0 Å². The van der Waals surface area contributed by atoms with E-state index in [2.05, 4.69) is 20.8 Å². The fourth-order valence-electron chi connectivity index (χ4n) is 3.46. The first-order valence-electron chi connectivity index (χ1n) is 8.79. The second-order valence-corrected chi connectivity index (χ2v) is 6.83. The van der Waals surface area contributed by atoms with Gasteiger partial charge >= 0.3 is 6.18 Å². The number of rotatable bonds is 2. The zero-order chi connectivity index (χ0) is 19.9. The SMILES string of the molecule is O=C(N[C@H]1COc2ccccc2NC1=O)c1n[nH]c2c1C[C@@H](C(F)(F)F)CC2. The summed E-state index contributed by atoms with van der Waals surface area (Å²) in [7, 11) is 0. The number of para-hydroxylation sites is 2. The largest absolute Gasteiger partial charge is 0.489 e. The third kappa shape index (κ3) is 3.41. The normalized spacial score (nSPS) is 21.6. The van der Waals surface area contributed by atoms with Crippen LogP contribution in [0.2, 0.25) is 0 Å². The summed E-state index contributed by atoms with van der Waals surface area (Å²) in [5, 5.41) is 11.7. The van der Waals surface area contributed by atoms with Gasteiger partial charge in [-0.2, -0.15) is 18.3 Å². The zero-order valence-electron chi connectivity index (χ0n) is 14.6. The number of aromatic amines is 1. The Bertz CT molecular complexity index is 925. The van der Waals surface area contributed by atoms with Crippen molar-refractivity contribution in [1.82, 2.24) is 15.5 Å². The minimum absolute atomic E-state index is 0.0448. The van der Waals surface area contributed by atoms with Gasteiger partial charge in [0, 0.05) is 11.3 Å². The van der Waals surface area contributed by atoms with Crippen LogP contribution in [0.25, 0.3) is 0 Å². The van der Waals surface area contributed by atoms with Gasteiger partial charge < -0.3 is 15.4 Å². The van der Waals surface area contributed by atoms with E-state index in [-0.39, 0.29) is 37.1 Å². The molecule has 148 valence electrons. The number of carbonyl (C=O) groups excluding carboxylic acids is 2. The molecular formula is C18H17F3N4O3. The number of hydrogen-bond acceptors (Lipinski definition) is 4. The first-order valence-corrected chi connectivity index (χ1v) is 8.79. The number of fused-ring (bicyclic) bond motifs is 2. The second-order valence-electron chi connectivity index (χ2n) is 6.83. The van der Waals surface area contributed by atoms with Crippen molar-refractivity contribution in [3.63, 3.8) is 0 Å². The monoisotopic (exact) mass is 394 g/mol. The molecule has 2 heterocycles. The number of ether oxygens (including phenoxy) is 1. The molecule has 1 aliphatic heterocycles. The Kier molecular flexibility index (Phi) is 4.48. The van der Waals surface area contributed by atoms with E-state index in [1.165, 1.54) is 0 Å². The molecule has 2 aliphatic rings. The number of nitrogens with one attached hydrogen (secondary N) is 3. The molecule has 2 amide bonds. The summed E-state index contributed by atoms with van der Waals surface area (Å²) >= 11 is 0. The summed E-state index contributed by atoms with van der Waals surface area (Å²) in [5.74, 6) is -2.23. The minimum Gasteiger partial charge on any atom is -0.489 e. The highest BCUT2D eigenvalue weighted by molar-refractivity contribution is 6.02. The Morgan fingerprint density at radius 2 is 2.07 bits per heavy atom.